The van der Waals surface area contributed by atoms with E-state index in [1.807, 2.05) is 0 Å². The molecule has 0 saturated carbocycles. The Balaban J connectivity index is 3.27. The van der Waals surface area contributed by atoms with Crippen LogP contribution in [0.3, 0.4) is 0 Å². The SMILES string of the molecule is [B]B=BB=BP=O. The van der Waals surface area contributed by atoms with Crippen molar-refractivity contribution in [2.45, 2.75) is 0 Å². The zero-order chi connectivity index (χ0) is 5.54. The summed E-state index contributed by atoms with van der Waals surface area (Å²) in [6.07, 6.45) is 0. The van der Waals surface area contributed by atoms with Crippen molar-refractivity contribution in [1.82, 2.24) is 0 Å². The topological polar surface area (TPSA) is 17.1 Å². The minimum atomic E-state index is 0.0172. The van der Waals surface area contributed by atoms with Gasteiger partial charge < -0.3 is 0 Å². The Hall–Kier alpha value is 0.425. The van der Waals surface area contributed by atoms with Gasteiger partial charge in [0.05, 0.1) is 0 Å². The molecule has 0 aromatic rings. The van der Waals surface area contributed by atoms with E-state index in [2.05, 4.69) is 0 Å². The van der Waals surface area contributed by atoms with Crippen molar-refractivity contribution in [3.8, 4) is 0 Å². The first kappa shape index (κ1) is 7.42. The summed E-state index contributed by atoms with van der Waals surface area (Å²) in [7, 11) is 4.95. The third kappa shape index (κ3) is 6.42. The first-order valence-corrected chi connectivity index (χ1v) is 2.66. The van der Waals surface area contributed by atoms with Gasteiger partial charge in [-0.05, 0) is 0 Å². The molecule has 7 heteroatoms. The third-order valence-electron chi connectivity index (χ3n) is 0.369. The Morgan fingerprint density at radius 2 is 2.14 bits per heavy atom. The molecule has 7 heavy (non-hydrogen) atoms. The monoisotopic (exact) mass is 102 g/mol. The fraction of sp³-hybridized carbons (Fsp3) is 0. The number of rotatable bonds is 2. The van der Waals surface area contributed by atoms with E-state index in [1.165, 1.54) is 13.2 Å². The van der Waals surface area contributed by atoms with Gasteiger partial charge in [-0.3, -0.25) is 0 Å². The summed E-state index contributed by atoms with van der Waals surface area (Å²) in [4.78, 5) is 0. The van der Waals surface area contributed by atoms with Gasteiger partial charge in [-0.1, -0.05) is 0 Å². The van der Waals surface area contributed by atoms with Crippen LogP contribution in [0.5, 0.6) is 0 Å². The van der Waals surface area contributed by atoms with Gasteiger partial charge in [0.25, 0.3) is 0 Å². The number of hydrogen-bond donors (Lipinski definition) is 0. The molecule has 0 atom stereocenters. The summed E-state index contributed by atoms with van der Waals surface area (Å²) < 4.78 is 9.62. The molecule has 0 spiro atoms. The van der Waals surface area contributed by atoms with E-state index in [9.17, 15) is 4.57 Å². The van der Waals surface area contributed by atoms with Gasteiger partial charge in [-0.15, -0.1) is 0 Å². The second-order valence-corrected chi connectivity index (χ2v) is 1.34. The van der Waals surface area contributed by atoms with Crippen LogP contribution in [0.4, 0.5) is 0 Å². The molecule has 0 bridgehead atoms. The fourth-order valence-corrected chi connectivity index (χ4v) is 0.319. The molecular weight excluding hydrogens is 101 g/mol. The Morgan fingerprint density at radius 1 is 1.43 bits per heavy atom. The van der Waals surface area contributed by atoms with Crippen molar-refractivity contribution >= 4 is 42.7 Å². The zero-order valence-corrected chi connectivity index (χ0v) is 4.64. The normalized spacial score (nSPS) is 7.43. The molecule has 1 nitrogen and oxygen atoms in total. The summed E-state index contributed by atoms with van der Waals surface area (Å²) >= 11 is 0. The van der Waals surface area contributed by atoms with Gasteiger partial charge in [0.1, 0.15) is 0 Å². The van der Waals surface area contributed by atoms with Crippen LogP contribution in [0.15, 0.2) is 0 Å². The molecule has 0 saturated heterocycles. The van der Waals surface area contributed by atoms with Crippen LogP contribution in [0.2, 0.25) is 0 Å². The van der Waals surface area contributed by atoms with E-state index in [0.29, 0.717) is 0 Å². The van der Waals surface area contributed by atoms with Crippen LogP contribution in [0, 0.1) is 0 Å². The van der Waals surface area contributed by atoms with Crippen LogP contribution >= 0.6 is 8.34 Å². The summed E-state index contributed by atoms with van der Waals surface area (Å²) in [6.45, 7) is 6.05. The van der Waals surface area contributed by atoms with E-state index in [0.717, 1.165) is 0 Å². The van der Waals surface area contributed by atoms with E-state index < -0.39 is 0 Å². The Kier molecular flexibility index (Phi) is 6.81. The van der Waals surface area contributed by atoms with Crippen molar-refractivity contribution in [2.75, 3.05) is 0 Å². The van der Waals surface area contributed by atoms with Crippen molar-refractivity contribution in [3.05, 3.63) is 0 Å². The fourth-order valence-electron chi connectivity index (χ4n) is 0.149. The summed E-state index contributed by atoms with van der Waals surface area (Å²) in [5, 5.41) is 0. The molecule has 0 unspecified atom stereocenters. The molecule has 0 N–H and O–H groups in total. The predicted molar refractivity (Wildman–Crippen MR) is 36.4 cm³/mol. The molecule has 0 aliphatic rings. The average Bonchev–Trinajstić information content (AvgIpc) is 1.69. The molecule has 26 valence electrons. The van der Waals surface area contributed by atoms with E-state index in [-0.39, 0.29) is 8.34 Å². The zero-order valence-electron chi connectivity index (χ0n) is 3.74. The van der Waals surface area contributed by atoms with Gasteiger partial charge in [0.2, 0.25) is 0 Å². The van der Waals surface area contributed by atoms with E-state index in [4.69, 9.17) is 7.74 Å². The second kappa shape index (κ2) is 6.42. The maximum absolute atomic E-state index is 9.62. The van der Waals surface area contributed by atoms with Crippen LogP contribution in [-0.2, 0) is 4.57 Å². The van der Waals surface area contributed by atoms with E-state index >= 15 is 0 Å². The second-order valence-electron chi connectivity index (χ2n) is 0.832. The van der Waals surface area contributed by atoms with Gasteiger partial charge in [0, 0.05) is 0 Å². The van der Waals surface area contributed by atoms with Crippen molar-refractivity contribution in [1.29, 1.82) is 0 Å². The average molecular weight is 101 g/mol. The van der Waals surface area contributed by atoms with Crippen LogP contribution in [0.1, 0.15) is 0 Å². The van der Waals surface area contributed by atoms with Crippen molar-refractivity contribution in [2.24, 2.45) is 0 Å². The molecule has 0 fully saturated rings. The van der Waals surface area contributed by atoms with Gasteiger partial charge in [-0.25, -0.2) is 0 Å². The van der Waals surface area contributed by atoms with Gasteiger partial charge in [0.15, 0.2) is 0 Å². The molecule has 0 aliphatic carbocycles. The first-order chi connectivity index (χ1) is 3.41. The Bertz CT molecular complexity index is 94.3. The molecular formula is B5OP. The Morgan fingerprint density at radius 3 is 2.57 bits per heavy atom. The van der Waals surface area contributed by atoms with Crippen molar-refractivity contribution < 1.29 is 4.57 Å². The van der Waals surface area contributed by atoms with Crippen LogP contribution in [0.25, 0.3) is 0 Å². The third-order valence-corrected chi connectivity index (χ3v) is 0.663. The van der Waals surface area contributed by atoms with Crippen molar-refractivity contribution in [3.63, 3.8) is 0 Å². The first-order valence-electron chi connectivity index (χ1n) is 1.77. The molecule has 0 rings (SSSR count). The standard InChI is InChI=1S/B5OP/c1-2-3-4-5-7-6. The van der Waals surface area contributed by atoms with Crippen LogP contribution < -0.4 is 0 Å². The van der Waals surface area contributed by atoms with Gasteiger partial charge >= 0.3 is 47.2 Å². The van der Waals surface area contributed by atoms with Gasteiger partial charge in [-0.2, -0.15) is 0 Å². The summed E-state index contributed by atoms with van der Waals surface area (Å²) in [6, 6.07) is 0. The quantitative estimate of drug-likeness (QED) is 0.316. The summed E-state index contributed by atoms with van der Waals surface area (Å²) in [5.74, 6) is 0. The molecule has 0 aromatic carbocycles. The maximum atomic E-state index is 9.62. The molecule has 0 heterocycles. The summed E-state index contributed by atoms with van der Waals surface area (Å²) in [5.41, 5.74) is 0. The molecule has 0 amide bonds. The molecule has 0 aliphatic heterocycles. The minimum absolute atomic E-state index is 0.0172. The molecule has 0 aromatic heterocycles. The molecule has 2 radical (unpaired) electrons. The Labute approximate surface area is 48.0 Å². The number of hydrogen-bond acceptors (Lipinski definition) is 1. The van der Waals surface area contributed by atoms with E-state index in [1.54, 1.807) is 13.4 Å². The predicted octanol–water partition coefficient (Wildman–Crippen LogP) is -1.16. The van der Waals surface area contributed by atoms with Crippen LogP contribution in [-0.4, -0.2) is 34.3 Å².